The lowest BCUT2D eigenvalue weighted by molar-refractivity contribution is -0.150. The van der Waals surface area contributed by atoms with Crippen LogP contribution < -0.4 is 4.74 Å². The number of benzene rings is 1. The van der Waals surface area contributed by atoms with Gasteiger partial charge in [0.25, 0.3) is 0 Å². The molecule has 1 aromatic rings. The molecule has 1 N–H and O–H groups in total. The number of hydrogen-bond donors (Lipinski definition) is 1. The van der Waals surface area contributed by atoms with E-state index in [1.54, 1.807) is 38.4 Å². The Kier molecular flexibility index (Phi) is 4.24. The molecule has 1 aliphatic rings. The van der Waals surface area contributed by atoms with Crippen LogP contribution in [0, 0.1) is 0 Å². The normalized spacial score (nSPS) is 17.4. The lowest BCUT2D eigenvalue weighted by Gasteiger charge is -2.32. The molecule has 0 aromatic heterocycles. The first-order valence-corrected chi connectivity index (χ1v) is 6.35. The second-order valence-corrected chi connectivity index (χ2v) is 4.81. The Morgan fingerprint density at radius 2 is 1.85 bits per heavy atom. The standard InChI is InChI=1S/C14H18N2O4/c1-15-8-14(19)16(9-13(15)18)7-12(17)10-3-5-11(20-2)6-4-10/h3-6,12,17H,7-9H2,1-2H3. The summed E-state index contributed by atoms with van der Waals surface area (Å²) in [6.45, 7) is 0.196. The Bertz CT molecular complexity index is 500. The summed E-state index contributed by atoms with van der Waals surface area (Å²) in [6.07, 6.45) is -0.818. The molecule has 1 heterocycles. The van der Waals surface area contributed by atoms with Crippen molar-refractivity contribution in [1.29, 1.82) is 0 Å². The zero-order valence-corrected chi connectivity index (χ0v) is 11.6. The maximum atomic E-state index is 11.8. The third-order valence-corrected chi connectivity index (χ3v) is 3.37. The molecule has 1 unspecified atom stereocenters. The van der Waals surface area contributed by atoms with Gasteiger partial charge in [0.15, 0.2) is 0 Å². The van der Waals surface area contributed by atoms with Gasteiger partial charge in [0, 0.05) is 7.05 Å². The number of β-amino-alcohol motifs (C(OH)–C–C–N with tert-alkyl or cyclic N) is 1. The summed E-state index contributed by atoms with van der Waals surface area (Å²) in [5, 5.41) is 10.1. The zero-order valence-electron chi connectivity index (χ0n) is 11.6. The smallest absolute Gasteiger partial charge is 0.242 e. The van der Waals surface area contributed by atoms with Crippen molar-refractivity contribution < 1.29 is 19.4 Å². The van der Waals surface area contributed by atoms with E-state index in [2.05, 4.69) is 0 Å². The summed E-state index contributed by atoms with van der Waals surface area (Å²) in [4.78, 5) is 26.2. The van der Waals surface area contributed by atoms with Gasteiger partial charge in [-0.3, -0.25) is 9.59 Å². The van der Waals surface area contributed by atoms with Crippen LogP contribution in [-0.2, 0) is 9.59 Å². The molecule has 2 rings (SSSR count). The van der Waals surface area contributed by atoms with Gasteiger partial charge in [0.2, 0.25) is 11.8 Å². The fourth-order valence-corrected chi connectivity index (χ4v) is 2.07. The van der Waals surface area contributed by atoms with Crippen LogP contribution in [0.1, 0.15) is 11.7 Å². The van der Waals surface area contributed by atoms with Crippen molar-refractivity contribution in [3.05, 3.63) is 29.8 Å². The summed E-state index contributed by atoms with van der Waals surface area (Å²) in [5.41, 5.74) is 0.685. The average Bonchev–Trinajstić information content (AvgIpc) is 2.44. The number of rotatable bonds is 4. The highest BCUT2D eigenvalue weighted by atomic mass is 16.5. The summed E-state index contributed by atoms with van der Waals surface area (Å²) in [5.74, 6) is 0.429. The Balaban J connectivity index is 2.01. The number of hydrogen-bond acceptors (Lipinski definition) is 4. The minimum atomic E-state index is -0.818. The van der Waals surface area contributed by atoms with Gasteiger partial charge in [-0.05, 0) is 17.7 Å². The summed E-state index contributed by atoms with van der Waals surface area (Å²) >= 11 is 0. The van der Waals surface area contributed by atoms with Gasteiger partial charge in [-0.1, -0.05) is 12.1 Å². The van der Waals surface area contributed by atoms with Crippen LogP contribution in [0.3, 0.4) is 0 Å². The van der Waals surface area contributed by atoms with E-state index in [0.717, 1.165) is 0 Å². The van der Waals surface area contributed by atoms with E-state index in [0.29, 0.717) is 11.3 Å². The maximum Gasteiger partial charge on any atom is 0.242 e. The predicted octanol–water partition coefficient (Wildman–Crippen LogP) is 0.0292. The molecular formula is C14H18N2O4. The third-order valence-electron chi connectivity index (χ3n) is 3.37. The van der Waals surface area contributed by atoms with Crippen LogP contribution in [0.15, 0.2) is 24.3 Å². The van der Waals surface area contributed by atoms with E-state index < -0.39 is 6.10 Å². The van der Waals surface area contributed by atoms with Crippen LogP contribution in [0.2, 0.25) is 0 Å². The number of methoxy groups -OCH3 is 1. The van der Waals surface area contributed by atoms with E-state index in [1.807, 2.05) is 0 Å². The summed E-state index contributed by atoms with van der Waals surface area (Å²) in [7, 11) is 3.16. The minimum Gasteiger partial charge on any atom is -0.497 e. The second-order valence-electron chi connectivity index (χ2n) is 4.81. The van der Waals surface area contributed by atoms with Crippen molar-refractivity contribution >= 4 is 11.8 Å². The number of aliphatic hydroxyl groups excluding tert-OH is 1. The molecule has 1 saturated heterocycles. The van der Waals surface area contributed by atoms with Gasteiger partial charge in [-0.2, -0.15) is 0 Å². The largest absolute Gasteiger partial charge is 0.497 e. The molecule has 1 aromatic carbocycles. The molecule has 6 nitrogen and oxygen atoms in total. The van der Waals surface area contributed by atoms with Gasteiger partial charge < -0.3 is 19.6 Å². The van der Waals surface area contributed by atoms with Crippen LogP contribution in [-0.4, -0.2) is 60.5 Å². The highest BCUT2D eigenvalue weighted by Crippen LogP contribution is 2.19. The number of carbonyl (C=O) groups is 2. The maximum absolute atomic E-state index is 11.8. The minimum absolute atomic E-state index is 0.0164. The van der Waals surface area contributed by atoms with E-state index in [9.17, 15) is 14.7 Å². The van der Waals surface area contributed by atoms with Crippen molar-refractivity contribution in [3.63, 3.8) is 0 Å². The zero-order chi connectivity index (χ0) is 14.7. The molecule has 0 spiro atoms. The number of ether oxygens (including phenoxy) is 1. The Hall–Kier alpha value is -2.08. The number of nitrogens with zero attached hydrogens (tertiary/aromatic N) is 2. The predicted molar refractivity (Wildman–Crippen MR) is 72.2 cm³/mol. The number of aliphatic hydroxyl groups is 1. The number of amides is 2. The molecule has 108 valence electrons. The highest BCUT2D eigenvalue weighted by Gasteiger charge is 2.28. The van der Waals surface area contributed by atoms with Crippen molar-refractivity contribution in [2.45, 2.75) is 6.10 Å². The van der Waals surface area contributed by atoms with Gasteiger partial charge in [-0.15, -0.1) is 0 Å². The average molecular weight is 278 g/mol. The Labute approximate surface area is 117 Å². The van der Waals surface area contributed by atoms with Crippen molar-refractivity contribution in [3.8, 4) is 5.75 Å². The number of likely N-dealkylation sites (N-methyl/N-ethyl adjacent to an activating group) is 1. The van der Waals surface area contributed by atoms with Crippen molar-refractivity contribution in [1.82, 2.24) is 9.80 Å². The molecule has 0 aliphatic carbocycles. The summed E-state index contributed by atoms with van der Waals surface area (Å²) < 4.78 is 5.05. The Morgan fingerprint density at radius 1 is 1.20 bits per heavy atom. The van der Waals surface area contributed by atoms with Crippen molar-refractivity contribution in [2.75, 3.05) is 33.8 Å². The lowest BCUT2D eigenvalue weighted by atomic mass is 10.1. The van der Waals surface area contributed by atoms with Crippen LogP contribution >= 0.6 is 0 Å². The van der Waals surface area contributed by atoms with Crippen LogP contribution in [0.4, 0.5) is 0 Å². The molecule has 6 heteroatoms. The molecule has 0 saturated carbocycles. The topological polar surface area (TPSA) is 70.1 Å². The van der Waals surface area contributed by atoms with Gasteiger partial charge >= 0.3 is 0 Å². The monoisotopic (exact) mass is 278 g/mol. The van der Waals surface area contributed by atoms with Crippen LogP contribution in [0.25, 0.3) is 0 Å². The first-order chi connectivity index (χ1) is 9.51. The fourth-order valence-electron chi connectivity index (χ4n) is 2.07. The molecule has 1 atom stereocenters. The first-order valence-electron chi connectivity index (χ1n) is 6.35. The SMILES string of the molecule is COc1ccc(C(O)CN2CC(=O)N(C)CC2=O)cc1. The highest BCUT2D eigenvalue weighted by molar-refractivity contribution is 5.92. The van der Waals surface area contributed by atoms with E-state index in [-0.39, 0.29) is 31.4 Å². The first kappa shape index (κ1) is 14.3. The molecule has 0 bridgehead atoms. The van der Waals surface area contributed by atoms with Gasteiger partial charge in [0.1, 0.15) is 5.75 Å². The molecule has 1 aliphatic heterocycles. The molecule has 20 heavy (non-hydrogen) atoms. The molecular weight excluding hydrogens is 260 g/mol. The van der Waals surface area contributed by atoms with E-state index in [4.69, 9.17) is 4.74 Å². The molecule has 0 radical (unpaired) electrons. The number of carbonyl (C=O) groups excluding carboxylic acids is 2. The van der Waals surface area contributed by atoms with Crippen molar-refractivity contribution in [2.24, 2.45) is 0 Å². The Morgan fingerprint density at radius 3 is 2.45 bits per heavy atom. The van der Waals surface area contributed by atoms with Crippen LogP contribution in [0.5, 0.6) is 5.75 Å². The van der Waals surface area contributed by atoms with E-state index >= 15 is 0 Å². The number of piperazine rings is 1. The van der Waals surface area contributed by atoms with E-state index in [1.165, 1.54) is 9.80 Å². The molecule has 2 amide bonds. The van der Waals surface area contributed by atoms with Gasteiger partial charge in [0.05, 0.1) is 32.8 Å². The quantitative estimate of drug-likeness (QED) is 0.843. The van der Waals surface area contributed by atoms with Gasteiger partial charge in [-0.25, -0.2) is 0 Å². The molecule has 1 fully saturated rings. The summed E-state index contributed by atoms with van der Waals surface area (Å²) in [6, 6.07) is 6.97. The lowest BCUT2D eigenvalue weighted by Crippen LogP contribution is -2.53. The third kappa shape index (κ3) is 3.08. The fraction of sp³-hybridized carbons (Fsp3) is 0.429. The second kappa shape index (κ2) is 5.92.